The van der Waals surface area contributed by atoms with Gasteiger partial charge in [0.1, 0.15) is 0 Å². The fraction of sp³-hybridized carbons (Fsp3) is 0. The Labute approximate surface area is 116 Å². The minimum Gasteiger partial charge on any atom is -0.365 e. The van der Waals surface area contributed by atoms with E-state index in [4.69, 9.17) is 11.5 Å². The van der Waals surface area contributed by atoms with Gasteiger partial charge in [-0.3, -0.25) is 9.59 Å². The maximum atomic E-state index is 11.2. The Kier molecular flexibility index (Phi) is 3.32. The Balaban J connectivity index is 2.53. The Morgan fingerprint density at radius 1 is 1.11 bits per heavy atom. The Hall–Kier alpha value is -1.90. The molecule has 2 aromatic rings. The number of nitrogens with two attached hydrogens (primary N) is 2. The van der Waals surface area contributed by atoms with Crippen molar-refractivity contribution in [3.8, 4) is 5.69 Å². The highest BCUT2D eigenvalue weighted by molar-refractivity contribution is 14.1. The molecule has 0 unspecified atom stereocenters. The normalized spacial score (nSPS) is 10.3. The monoisotopic (exact) mass is 356 g/mol. The van der Waals surface area contributed by atoms with E-state index >= 15 is 0 Å². The summed E-state index contributed by atoms with van der Waals surface area (Å²) in [5, 5.41) is 3.97. The van der Waals surface area contributed by atoms with Gasteiger partial charge in [0.25, 0.3) is 11.8 Å². The minimum atomic E-state index is -0.784. The third kappa shape index (κ3) is 2.35. The van der Waals surface area contributed by atoms with Gasteiger partial charge in [-0.25, -0.2) is 4.68 Å². The zero-order valence-corrected chi connectivity index (χ0v) is 11.3. The second-order valence-corrected chi connectivity index (χ2v) is 4.79. The highest BCUT2D eigenvalue weighted by Gasteiger charge is 2.18. The molecule has 0 atom stereocenters. The smallest absolute Gasteiger partial charge is 0.270 e. The predicted molar refractivity (Wildman–Crippen MR) is 73.3 cm³/mol. The van der Waals surface area contributed by atoms with Gasteiger partial charge < -0.3 is 11.5 Å². The van der Waals surface area contributed by atoms with Crippen molar-refractivity contribution < 1.29 is 9.59 Å². The van der Waals surface area contributed by atoms with Gasteiger partial charge in [0.15, 0.2) is 5.69 Å². The van der Waals surface area contributed by atoms with Crippen LogP contribution in [0.3, 0.4) is 0 Å². The topological polar surface area (TPSA) is 104 Å². The van der Waals surface area contributed by atoms with Gasteiger partial charge in [0, 0.05) is 9.77 Å². The number of amides is 2. The molecule has 92 valence electrons. The predicted octanol–water partition coefficient (Wildman–Crippen LogP) is 0.675. The number of carbonyl (C=O) groups is 2. The molecule has 4 N–H and O–H groups in total. The first-order chi connectivity index (χ1) is 8.49. The molecule has 0 saturated heterocycles. The van der Waals surface area contributed by atoms with Crippen molar-refractivity contribution in [2.75, 3.05) is 0 Å². The van der Waals surface area contributed by atoms with E-state index in [-0.39, 0.29) is 11.3 Å². The van der Waals surface area contributed by atoms with E-state index < -0.39 is 11.8 Å². The van der Waals surface area contributed by atoms with Crippen LogP contribution in [0.2, 0.25) is 0 Å². The second kappa shape index (κ2) is 4.77. The summed E-state index contributed by atoms with van der Waals surface area (Å²) in [6.45, 7) is 0. The maximum absolute atomic E-state index is 11.2. The highest BCUT2D eigenvalue weighted by atomic mass is 127. The summed E-state index contributed by atoms with van der Waals surface area (Å²) in [4.78, 5) is 22.3. The van der Waals surface area contributed by atoms with Gasteiger partial charge in [0.05, 0.1) is 11.3 Å². The standard InChI is InChI=1S/C11H9IN4O2/c12-6-1-3-7(4-2-6)16-5-8(10(13)17)9(15-16)11(14)18/h1-5H,(H2,13,17)(H2,14,18). The molecule has 0 aliphatic rings. The molecule has 0 saturated carbocycles. The number of hydrogen-bond donors (Lipinski definition) is 2. The number of benzene rings is 1. The van der Waals surface area contributed by atoms with Crippen LogP contribution in [-0.2, 0) is 0 Å². The lowest BCUT2D eigenvalue weighted by Gasteiger charge is -2.00. The van der Waals surface area contributed by atoms with E-state index in [2.05, 4.69) is 27.7 Å². The van der Waals surface area contributed by atoms with Gasteiger partial charge in [-0.05, 0) is 46.9 Å². The van der Waals surface area contributed by atoms with E-state index in [1.165, 1.54) is 10.9 Å². The molecule has 1 aromatic heterocycles. The van der Waals surface area contributed by atoms with Gasteiger partial charge in [-0.2, -0.15) is 5.10 Å². The van der Waals surface area contributed by atoms with Crippen LogP contribution in [0.15, 0.2) is 30.5 Å². The molecule has 2 rings (SSSR count). The average Bonchev–Trinajstić information content (AvgIpc) is 2.75. The molecule has 0 spiro atoms. The van der Waals surface area contributed by atoms with Crippen molar-refractivity contribution in [1.29, 1.82) is 0 Å². The first-order valence-electron chi connectivity index (χ1n) is 4.94. The number of nitrogens with zero attached hydrogens (tertiary/aromatic N) is 2. The molecule has 2 amide bonds. The summed E-state index contributed by atoms with van der Waals surface area (Å²) < 4.78 is 2.46. The number of halogens is 1. The van der Waals surface area contributed by atoms with Crippen LogP contribution in [0.25, 0.3) is 5.69 Å². The number of carbonyl (C=O) groups excluding carboxylic acids is 2. The average molecular weight is 356 g/mol. The van der Waals surface area contributed by atoms with Gasteiger partial charge >= 0.3 is 0 Å². The maximum Gasteiger partial charge on any atom is 0.270 e. The number of hydrogen-bond acceptors (Lipinski definition) is 3. The van der Waals surface area contributed by atoms with Crippen LogP contribution in [0, 0.1) is 3.57 Å². The van der Waals surface area contributed by atoms with E-state index in [1.807, 2.05) is 24.3 Å². The number of primary amides is 2. The summed E-state index contributed by atoms with van der Waals surface area (Å²) in [6, 6.07) is 7.38. The Bertz CT molecular complexity index is 587. The summed E-state index contributed by atoms with van der Waals surface area (Å²) in [5.74, 6) is -1.52. The summed E-state index contributed by atoms with van der Waals surface area (Å²) in [6.07, 6.45) is 1.39. The molecular weight excluding hydrogens is 347 g/mol. The molecule has 0 fully saturated rings. The third-order valence-electron chi connectivity index (χ3n) is 2.30. The quantitative estimate of drug-likeness (QED) is 0.790. The van der Waals surface area contributed by atoms with Gasteiger partial charge in [0.2, 0.25) is 0 Å². The summed E-state index contributed by atoms with van der Waals surface area (Å²) in [5.41, 5.74) is 10.9. The molecule has 1 heterocycles. The molecule has 0 bridgehead atoms. The Morgan fingerprint density at radius 3 is 2.17 bits per heavy atom. The summed E-state index contributed by atoms with van der Waals surface area (Å²) in [7, 11) is 0. The molecule has 0 radical (unpaired) electrons. The fourth-order valence-corrected chi connectivity index (χ4v) is 1.82. The zero-order valence-electron chi connectivity index (χ0n) is 9.13. The molecule has 0 aliphatic carbocycles. The van der Waals surface area contributed by atoms with Crippen molar-refractivity contribution in [2.24, 2.45) is 11.5 Å². The number of rotatable bonds is 3. The van der Waals surface area contributed by atoms with Crippen LogP contribution in [0.1, 0.15) is 20.8 Å². The molecule has 7 heteroatoms. The van der Waals surface area contributed by atoms with E-state index in [0.29, 0.717) is 5.69 Å². The molecule has 0 aliphatic heterocycles. The molecule has 1 aromatic carbocycles. The second-order valence-electron chi connectivity index (χ2n) is 3.54. The lowest BCUT2D eigenvalue weighted by Crippen LogP contribution is -2.19. The van der Waals surface area contributed by atoms with E-state index in [1.54, 1.807) is 0 Å². The van der Waals surface area contributed by atoms with Crippen molar-refractivity contribution in [2.45, 2.75) is 0 Å². The third-order valence-corrected chi connectivity index (χ3v) is 3.02. The van der Waals surface area contributed by atoms with Crippen molar-refractivity contribution in [3.63, 3.8) is 0 Å². The zero-order chi connectivity index (χ0) is 13.3. The van der Waals surface area contributed by atoms with Crippen LogP contribution in [0.5, 0.6) is 0 Å². The summed E-state index contributed by atoms with van der Waals surface area (Å²) >= 11 is 2.17. The SMILES string of the molecule is NC(=O)c1cn(-c2ccc(I)cc2)nc1C(N)=O. The van der Waals surface area contributed by atoms with Crippen molar-refractivity contribution >= 4 is 34.4 Å². The van der Waals surface area contributed by atoms with E-state index in [0.717, 1.165) is 3.57 Å². The van der Waals surface area contributed by atoms with Crippen LogP contribution >= 0.6 is 22.6 Å². The van der Waals surface area contributed by atoms with Crippen molar-refractivity contribution in [1.82, 2.24) is 9.78 Å². The van der Waals surface area contributed by atoms with Crippen molar-refractivity contribution in [3.05, 3.63) is 45.3 Å². The van der Waals surface area contributed by atoms with Gasteiger partial charge in [-0.15, -0.1) is 0 Å². The molecule has 6 nitrogen and oxygen atoms in total. The van der Waals surface area contributed by atoms with Crippen LogP contribution < -0.4 is 11.5 Å². The van der Waals surface area contributed by atoms with Gasteiger partial charge in [-0.1, -0.05) is 0 Å². The minimum absolute atomic E-state index is 0.0149. The first kappa shape index (κ1) is 12.6. The van der Waals surface area contributed by atoms with Crippen LogP contribution in [-0.4, -0.2) is 21.6 Å². The molecular formula is C11H9IN4O2. The number of aromatic nitrogens is 2. The highest BCUT2D eigenvalue weighted by Crippen LogP contribution is 2.14. The fourth-order valence-electron chi connectivity index (χ4n) is 1.46. The first-order valence-corrected chi connectivity index (χ1v) is 6.02. The lowest BCUT2D eigenvalue weighted by atomic mass is 10.2. The Morgan fingerprint density at radius 2 is 1.72 bits per heavy atom. The van der Waals surface area contributed by atoms with Crippen LogP contribution in [0.4, 0.5) is 0 Å². The lowest BCUT2D eigenvalue weighted by molar-refractivity contribution is 0.0965. The molecule has 18 heavy (non-hydrogen) atoms. The largest absolute Gasteiger partial charge is 0.365 e. The van der Waals surface area contributed by atoms with E-state index in [9.17, 15) is 9.59 Å².